The van der Waals surface area contributed by atoms with Crippen molar-refractivity contribution < 1.29 is 14.1 Å². The minimum atomic E-state index is -0.373. The predicted molar refractivity (Wildman–Crippen MR) is 117 cm³/mol. The zero-order valence-corrected chi connectivity index (χ0v) is 18.8. The number of nitrogens with one attached hydrogen (secondary N) is 2. The van der Waals surface area contributed by atoms with E-state index in [0.29, 0.717) is 23.5 Å². The summed E-state index contributed by atoms with van der Waals surface area (Å²) in [6.07, 6.45) is 0.721. The molecule has 0 radical (unpaired) electrons. The SMILES string of the molecule is Cc1cc(C)nc(SCc2ccc(C(=O)NNC(=O)CCc3c(C)noc3C)cc2)n1. The van der Waals surface area contributed by atoms with Crippen molar-refractivity contribution in [2.24, 2.45) is 0 Å². The molecule has 2 amide bonds. The lowest BCUT2D eigenvalue weighted by Gasteiger charge is -2.08. The van der Waals surface area contributed by atoms with E-state index in [0.717, 1.165) is 33.4 Å². The van der Waals surface area contributed by atoms with Crippen LogP contribution in [0.4, 0.5) is 0 Å². The first kappa shape index (κ1) is 22.5. The van der Waals surface area contributed by atoms with Gasteiger partial charge >= 0.3 is 0 Å². The van der Waals surface area contributed by atoms with Gasteiger partial charge in [0, 0.05) is 34.7 Å². The Labute approximate surface area is 185 Å². The largest absolute Gasteiger partial charge is 0.361 e. The number of carbonyl (C=O) groups excluding carboxylic acids is 2. The molecule has 2 heterocycles. The molecule has 1 aromatic carbocycles. The molecular formula is C22H25N5O3S. The van der Waals surface area contributed by atoms with Crippen molar-refractivity contribution >= 4 is 23.6 Å². The molecule has 162 valence electrons. The Morgan fingerprint density at radius 3 is 2.29 bits per heavy atom. The highest BCUT2D eigenvalue weighted by Crippen LogP contribution is 2.20. The summed E-state index contributed by atoms with van der Waals surface area (Å²) in [7, 11) is 0. The monoisotopic (exact) mass is 439 g/mol. The Bertz CT molecular complexity index is 1040. The van der Waals surface area contributed by atoms with Crippen molar-refractivity contribution in [3.05, 3.63) is 69.9 Å². The molecule has 2 aromatic heterocycles. The van der Waals surface area contributed by atoms with E-state index in [4.69, 9.17) is 4.52 Å². The van der Waals surface area contributed by atoms with Crippen LogP contribution in [0.25, 0.3) is 0 Å². The zero-order chi connectivity index (χ0) is 22.4. The van der Waals surface area contributed by atoms with Gasteiger partial charge in [0.05, 0.1) is 5.69 Å². The number of hydrogen-bond donors (Lipinski definition) is 2. The molecule has 3 rings (SSSR count). The van der Waals surface area contributed by atoms with Crippen molar-refractivity contribution in [2.75, 3.05) is 0 Å². The molecule has 0 saturated heterocycles. The van der Waals surface area contributed by atoms with Crippen molar-refractivity contribution in [3.8, 4) is 0 Å². The van der Waals surface area contributed by atoms with Gasteiger partial charge in [-0.2, -0.15) is 0 Å². The number of hydrazine groups is 1. The first-order valence-corrected chi connectivity index (χ1v) is 10.9. The lowest BCUT2D eigenvalue weighted by atomic mass is 10.1. The molecular weight excluding hydrogens is 414 g/mol. The number of aryl methyl sites for hydroxylation is 4. The van der Waals surface area contributed by atoms with Crippen LogP contribution in [-0.2, 0) is 17.0 Å². The first-order chi connectivity index (χ1) is 14.8. The van der Waals surface area contributed by atoms with E-state index in [1.54, 1.807) is 23.9 Å². The van der Waals surface area contributed by atoms with E-state index in [-0.39, 0.29) is 18.2 Å². The van der Waals surface area contributed by atoms with Gasteiger partial charge in [-0.1, -0.05) is 29.1 Å². The van der Waals surface area contributed by atoms with Gasteiger partial charge in [-0.15, -0.1) is 0 Å². The molecule has 8 nitrogen and oxygen atoms in total. The van der Waals surface area contributed by atoms with Gasteiger partial charge in [0.25, 0.3) is 5.91 Å². The predicted octanol–water partition coefficient (Wildman–Crippen LogP) is 3.38. The fourth-order valence-corrected chi connectivity index (χ4v) is 3.92. The molecule has 0 aliphatic carbocycles. The number of rotatable bonds is 7. The summed E-state index contributed by atoms with van der Waals surface area (Å²) in [4.78, 5) is 33.1. The Kier molecular flexibility index (Phi) is 7.41. The minimum Gasteiger partial charge on any atom is -0.361 e. The molecule has 0 aliphatic rings. The van der Waals surface area contributed by atoms with E-state index in [2.05, 4.69) is 26.0 Å². The van der Waals surface area contributed by atoms with Gasteiger partial charge in [0.15, 0.2) is 5.16 Å². The standard InChI is InChI=1S/C22H25N5O3S/c1-13-11-14(2)24-22(23-13)31-12-17-5-7-18(8-6-17)21(29)26-25-20(28)10-9-19-15(3)27-30-16(19)4/h5-8,11H,9-10,12H2,1-4H3,(H,25,28)(H,26,29). The van der Waals surface area contributed by atoms with Gasteiger partial charge in [-0.3, -0.25) is 20.4 Å². The number of hydrogen-bond acceptors (Lipinski definition) is 7. The van der Waals surface area contributed by atoms with Crippen molar-refractivity contribution in [1.82, 2.24) is 26.0 Å². The maximum Gasteiger partial charge on any atom is 0.269 e. The topological polar surface area (TPSA) is 110 Å². The summed E-state index contributed by atoms with van der Waals surface area (Å²) in [6, 6.07) is 9.15. The molecule has 0 spiro atoms. The molecule has 31 heavy (non-hydrogen) atoms. The van der Waals surface area contributed by atoms with Gasteiger partial charge in [-0.05, 0) is 57.9 Å². The highest BCUT2D eigenvalue weighted by molar-refractivity contribution is 7.98. The summed E-state index contributed by atoms with van der Waals surface area (Å²) in [5.41, 5.74) is 9.97. The van der Waals surface area contributed by atoms with Crippen LogP contribution >= 0.6 is 11.8 Å². The molecule has 0 fully saturated rings. The smallest absolute Gasteiger partial charge is 0.269 e. The number of thioether (sulfide) groups is 1. The van der Waals surface area contributed by atoms with Crippen LogP contribution in [0.1, 0.15) is 50.7 Å². The lowest BCUT2D eigenvalue weighted by Crippen LogP contribution is -2.41. The highest BCUT2D eigenvalue weighted by atomic mass is 32.2. The van der Waals surface area contributed by atoms with E-state index in [1.807, 2.05) is 45.9 Å². The van der Waals surface area contributed by atoms with E-state index < -0.39 is 0 Å². The minimum absolute atomic E-state index is 0.222. The summed E-state index contributed by atoms with van der Waals surface area (Å²) >= 11 is 1.55. The third-order valence-corrected chi connectivity index (χ3v) is 5.56. The van der Waals surface area contributed by atoms with Gasteiger partial charge in [0.2, 0.25) is 5.91 Å². The third kappa shape index (κ3) is 6.39. The van der Waals surface area contributed by atoms with Crippen LogP contribution in [0.2, 0.25) is 0 Å². The Morgan fingerprint density at radius 2 is 1.68 bits per heavy atom. The number of benzene rings is 1. The van der Waals surface area contributed by atoms with Crippen LogP contribution in [-0.4, -0.2) is 26.9 Å². The maximum absolute atomic E-state index is 12.3. The fourth-order valence-electron chi connectivity index (χ4n) is 3.02. The van der Waals surface area contributed by atoms with Gasteiger partial charge in [-0.25, -0.2) is 9.97 Å². The average molecular weight is 440 g/mol. The summed E-state index contributed by atoms with van der Waals surface area (Å²) in [6.45, 7) is 7.54. The molecule has 9 heteroatoms. The fraction of sp³-hybridized carbons (Fsp3) is 0.318. The second-order valence-corrected chi connectivity index (χ2v) is 8.17. The van der Waals surface area contributed by atoms with Gasteiger partial charge in [0.1, 0.15) is 5.76 Å². The molecule has 0 aliphatic heterocycles. The normalized spacial score (nSPS) is 10.7. The first-order valence-electron chi connectivity index (χ1n) is 9.87. The average Bonchev–Trinajstić information content (AvgIpc) is 3.06. The maximum atomic E-state index is 12.3. The van der Waals surface area contributed by atoms with Crippen molar-refractivity contribution in [3.63, 3.8) is 0 Å². The van der Waals surface area contributed by atoms with Crippen molar-refractivity contribution in [1.29, 1.82) is 0 Å². The van der Waals surface area contributed by atoms with E-state index >= 15 is 0 Å². The van der Waals surface area contributed by atoms with E-state index in [9.17, 15) is 9.59 Å². The Hall–Kier alpha value is -3.20. The quantitative estimate of drug-likeness (QED) is 0.330. The molecule has 0 atom stereocenters. The third-order valence-electron chi connectivity index (χ3n) is 4.64. The highest BCUT2D eigenvalue weighted by Gasteiger charge is 2.12. The summed E-state index contributed by atoms with van der Waals surface area (Å²) in [5.74, 6) is 0.748. The molecule has 0 bridgehead atoms. The number of amides is 2. The Morgan fingerprint density at radius 1 is 1.00 bits per heavy atom. The van der Waals surface area contributed by atoms with Crippen LogP contribution in [0.15, 0.2) is 40.0 Å². The second-order valence-electron chi connectivity index (χ2n) is 7.22. The van der Waals surface area contributed by atoms with Crippen LogP contribution in [0.3, 0.4) is 0 Å². The summed E-state index contributed by atoms with van der Waals surface area (Å²) < 4.78 is 5.09. The number of aromatic nitrogens is 3. The second kappa shape index (κ2) is 10.2. The molecule has 0 saturated carbocycles. The van der Waals surface area contributed by atoms with Crippen LogP contribution in [0.5, 0.6) is 0 Å². The van der Waals surface area contributed by atoms with Crippen LogP contribution < -0.4 is 10.9 Å². The summed E-state index contributed by atoms with van der Waals surface area (Å²) in [5, 5.41) is 4.60. The Balaban J connectivity index is 1.45. The molecule has 2 N–H and O–H groups in total. The molecule has 0 unspecified atom stereocenters. The van der Waals surface area contributed by atoms with Crippen LogP contribution in [0, 0.1) is 27.7 Å². The van der Waals surface area contributed by atoms with E-state index in [1.165, 1.54) is 0 Å². The zero-order valence-electron chi connectivity index (χ0n) is 18.0. The number of nitrogens with zero attached hydrogens (tertiary/aromatic N) is 3. The lowest BCUT2D eigenvalue weighted by molar-refractivity contribution is -0.121. The van der Waals surface area contributed by atoms with Gasteiger partial charge < -0.3 is 4.52 Å². The van der Waals surface area contributed by atoms with Crippen molar-refractivity contribution in [2.45, 2.75) is 51.4 Å². The number of carbonyl (C=O) groups is 2. The molecule has 3 aromatic rings.